The van der Waals surface area contributed by atoms with Crippen LogP contribution in [0, 0.1) is 11.8 Å². The number of aliphatic hydroxyl groups excluding tert-OH is 1. The molecular weight excluding hydrogens is 895 g/mol. The summed E-state index contributed by atoms with van der Waals surface area (Å²) in [5.41, 5.74) is 1.68. The lowest BCUT2D eigenvalue weighted by atomic mass is 9.65. The molecule has 5 heterocycles. The first-order valence-electron chi connectivity index (χ1n) is 23.7. The van der Waals surface area contributed by atoms with E-state index in [1.165, 1.54) is 7.11 Å². The van der Waals surface area contributed by atoms with Gasteiger partial charge in [-0.05, 0) is 64.1 Å². The fraction of sp³-hybridized carbons (Fsp3) is 0.352. The zero-order valence-corrected chi connectivity index (χ0v) is 39.1. The number of benzene rings is 5. The Morgan fingerprint density at radius 1 is 0.786 bits per heavy atom. The first-order chi connectivity index (χ1) is 34.0. The lowest BCUT2D eigenvalue weighted by Crippen LogP contribution is -2.59. The van der Waals surface area contributed by atoms with E-state index in [9.17, 15) is 14.7 Å². The third kappa shape index (κ3) is 7.98. The third-order valence-corrected chi connectivity index (χ3v) is 14.3. The monoisotopic (exact) mass is 949 g/mol. The van der Waals surface area contributed by atoms with Crippen molar-refractivity contribution in [1.29, 1.82) is 0 Å². The van der Waals surface area contributed by atoms with Gasteiger partial charge in [-0.15, -0.1) is 0 Å². The van der Waals surface area contributed by atoms with Crippen molar-refractivity contribution in [1.82, 2.24) is 20.0 Å². The smallest absolute Gasteiger partial charge is 0.329 e. The van der Waals surface area contributed by atoms with Gasteiger partial charge in [-0.25, -0.2) is 14.5 Å². The highest BCUT2D eigenvalue weighted by molar-refractivity contribution is 6.25. The first kappa shape index (κ1) is 46.5. The normalized spacial score (nSPS) is 24.3. The van der Waals surface area contributed by atoms with Gasteiger partial charge in [-0.2, -0.15) is 0 Å². The number of para-hydroxylation sites is 1. The highest BCUT2D eigenvalue weighted by Gasteiger charge is 2.76. The number of rotatable bonds is 12. The topological polar surface area (TPSA) is 177 Å². The van der Waals surface area contributed by atoms with E-state index in [0.717, 1.165) is 16.0 Å². The van der Waals surface area contributed by atoms with Crippen LogP contribution in [0.1, 0.15) is 59.9 Å². The highest BCUT2D eigenvalue weighted by Crippen LogP contribution is 2.66. The third-order valence-electron chi connectivity index (χ3n) is 14.3. The second kappa shape index (κ2) is 19.3. The predicted octanol–water partition coefficient (Wildman–Crippen LogP) is 5.70. The number of nitrogens with one attached hydrogen (secondary N) is 1. The molecule has 0 saturated carbocycles. The minimum atomic E-state index is -1.96. The van der Waals surface area contributed by atoms with Gasteiger partial charge in [0.2, 0.25) is 18.6 Å². The number of esters is 2. The second-order valence-electron chi connectivity index (χ2n) is 18.5. The lowest BCUT2D eigenvalue weighted by Gasteiger charge is -2.46. The average molecular weight is 950 g/mol. The molecule has 0 radical (unpaired) electrons. The number of piperazine rings is 1. The lowest BCUT2D eigenvalue weighted by molar-refractivity contribution is -0.179. The summed E-state index contributed by atoms with van der Waals surface area (Å²) in [7, 11) is 1.23. The number of carbonyl (C=O) groups is 5. The van der Waals surface area contributed by atoms with Crippen molar-refractivity contribution in [2.45, 2.75) is 56.1 Å². The molecule has 5 aromatic carbocycles. The van der Waals surface area contributed by atoms with Gasteiger partial charge >= 0.3 is 18.0 Å². The summed E-state index contributed by atoms with van der Waals surface area (Å²) >= 11 is 0. The number of imide groups is 1. The number of carbonyl (C=O) groups excluding carboxylic acids is 5. The number of nitrogens with zero attached hydrogens (tertiary/aromatic N) is 4. The standard InChI is InChI=1S/C54H55N5O11/c1-33(2)44(50(62)66-3)55-53(65)58-40-17-11-10-16-39(40)54(52(58)64)43(49(61)57-26-24-56(25-27-57)31-34-18-23-41-42(30-34)69-32-68-41)46-51(63)70-47(36-14-8-5-9-15-36)45(35-12-6-4-7-13-35)59(46)48(54)37-19-21-38(22-20-37)67-29-28-60/h4-23,30,33,43-48,60H,24-29,31-32H2,1-3H3,(H,55,65)/t43-,44+,45-,46-,47+,48+,54-/m1/s1. The van der Waals surface area contributed by atoms with Gasteiger partial charge in [-0.1, -0.05) is 111 Å². The zero-order chi connectivity index (χ0) is 48.7. The molecule has 0 bridgehead atoms. The molecule has 3 saturated heterocycles. The van der Waals surface area contributed by atoms with Crippen molar-refractivity contribution >= 4 is 35.5 Å². The van der Waals surface area contributed by atoms with Crippen LogP contribution >= 0.6 is 0 Å². The molecule has 0 aliphatic carbocycles. The summed E-state index contributed by atoms with van der Waals surface area (Å²) in [5, 5.41) is 12.4. The number of anilines is 1. The Morgan fingerprint density at radius 3 is 2.14 bits per heavy atom. The summed E-state index contributed by atoms with van der Waals surface area (Å²) < 4.78 is 28.7. The Labute approximate surface area is 405 Å². The van der Waals surface area contributed by atoms with E-state index in [1.807, 2.05) is 95.9 Å². The molecule has 4 amide bonds. The van der Waals surface area contributed by atoms with Crippen LogP contribution in [0.25, 0.3) is 0 Å². The molecule has 5 aromatic rings. The van der Waals surface area contributed by atoms with E-state index in [1.54, 1.807) is 55.1 Å². The van der Waals surface area contributed by atoms with E-state index in [-0.39, 0.29) is 38.8 Å². The Balaban J connectivity index is 1.15. The minimum absolute atomic E-state index is 0.0427. The fourth-order valence-corrected chi connectivity index (χ4v) is 11.2. The van der Waals surface area contributed by atoms with Crippen LogP contribution in [0.2, 0.25) is 0 Å². The van der Waals surface area contributed by atoms with Crippen LogP contribution in [-0.2, 0) is 40.6 Å². The van der Waals surface area contributed by atoms with Crippen LogP contribution in [-0.4, -0.2) is 115 Å². The number of aliphatic hydroxyl groups is 1. The Morgan fingerprint density at radius 2 is 1.46 bits per heavy atom. The fourth-order valence-electron chi connectivity index (χ4n) is 11.2. The van der Waals surface area contributed by atoms with Crippen LogP contribution < -0.4 is 24.4 Å². The number of cyclic esters (lactones) is 1. The van der Waals surface area contributed by atoms with E-state index < -0.39 is 77.3 Å². The maximum Gasteiger partial charge on any atom is 0.329 e. The summed E-state index contributed by atoms with van der Waals surface area (Å²) in [5.74, 6) is -2.60. The molecule has 3 fully saturated rings. The molecule has 7 atom stereocenters. The Kier molecular flexibility index (Phi) is 12.8. The van der Waals surface area contributed by atoms with Crippen molar-refractivity contribution < 1.29 is 52.8 Å². The van der Waals surface area contributed by atoms with Gasteiger partial charge < -0.3 is 39.0 Å². The minimum Gasteiger partial charge on any atom is -0.491 e. The van der Waals surface area contributed by atoms with Gasteiger partial charge in [0.15, 0.2) is 11.5 Å². The quantitative estimate of drug-likeness (QED) is 0.146. The molecule has 2 N–H and O–H groups in total. The summed E-state index contributed by atoms with van der Waals surface area (Å²) in [6.07, 6.45) is -0.898. The van der Waals surface area contributed by atoms with Gasteiger partial charge in [0.1, 0.15) is 36.0 Å². The zero-order valence-electron chi connectivity index (χ0n) is 39.1. The van der Waals surface area contributed by atoms with Crippen molar-refractivity contribution in [3.05, 3.63) is 155 Å². The van der Waals surface area contributed by atoms with Crippen molar-refractivity contribution in [3.63, 3.8) is 0 Å². The van der Waals surface area contributed by atoms with E-state index >= 15 is 14.4 Å². The molecular formula is C54H55N5O11. The molecule has 0 aromatic heterocycles. The number of ether oxygens (including phenoxy) is 5. The van der Waals surface area contributed by atoms with Crippen molar-refractivity contribution in [3.8, 4) is 17.2 Å². The Hall–Kier alpha value is -7.27. The molecule has 1 spiro atoms. The molecule has 70 heavy (non-hydrogen) atoms. The van der Waals surface area contributed by atoms with Crippen LogP contribution in [0.15, 0.2) is 127 Å². The number of urea groups is 1. The van der Waals surface area contributed by atoms with E-state index in [0.29, 0.717) is 53.6 Å². The number of fused-ring (bicyclic) bond motifs is 4. The summed E-state index contributed by atoms with van der Waals surface area (Å²) in [6, 6.07) is 33.6. The van der Waals surface area contributed by atoms with Crippen LogP contribution in [0.4, 0.5) is 10.5 Å². The number of hydrogen-bond donors (Lipinski definition) is 2. The van der Waals surface area contributed by atoms with Gasteiger partial charge in [-0.3, -0.25) is 24.2 Å². The maximum atomic E-state index is 16.5. The highest BCUT2D eigenvalue weighted by atomic mass is 16.7. The molecule has 16 heteroatoms. The Bertz CT molecular complexity index is 2770. The number of morpholine rings is 1. The molecule has 10 rings (SSSR count). The predicted molar refractivity (Wildman–Crippen MR) is 255 cm³/mol. The molecule has 16 nitrogen and oxygen atoms in total. The van der Waals surface area contributed by atoms with Gasteiger partial charge in [0.05, 0.1) is 37.4 Å². The number of hydrogen-bond acceptors (Lipinski definition) is 13. The SMILES string of the molecule is COC(=O)[C@@H](NC(=O)N1C(=O)[C@@]2(c3ccccc31)[C@H](c1ccc(OCCO)cc1)N1[C@H](c3ccccc3)[C@H](c3ccccc3)OC(=O)[C@H]1[C@@H]2C(=O)N1CCN(Cc2ccc3c(c2)OCO3)CC1)C(C)C. The van der Waals surface area contributed by atoms with E-state index in [4.69, 9.17) is 23.7 Å². The molecule has 5 aliphatic rings. The maximum absolute atomic E-state index is 16.5. The van der Waals surface area contributed by atoms with Gasteiger partial charge in [0, 0.05) is 32.7 Å². The summed E-state index contributed by atoms with van der Waals surface area (Å²) in [6.45, 7) is 5.64. The van der Waals surface area contributed by atoms with Crippen molar-refractivity contribution in [2.75, 3.05) is 58.2 Å². The van der Waals surface area contributed by atoms with Crippen LogP contribution in [0.3, 0.4) is 0 Å². The van der Waals surface area contributed by atoms with Gasteiger partial charge in [0.25, 0.3) is 0 Å². The van der Waals surface area contributed by atoms with Crippen molar-refractivity contribution in [2.24, 2.45) is 11.8 Å². The average Bonchev–Trinajstić information content (AvgIpc) is 4.06. The van der Waals surface area contributed by atoms with Crippen LogP contribution in [0.5, 0.6) is 17.2 Å². The van der Waals surface area contributed by atoms with E-state index in [2.05, 4.69) is 10.2 Å². The molecule has 0 unspecified atom stereocenters. The number of amides is 4. The largest absolute Gasteiger partial charge is 0.491 e. The second-order valence-corrected chi connectivity index (χ2v) is 18.5. The summed E-state index contributed by atoms with van der Waals surface area (Å²) in [4.78, 5) is 83.2. The molecule has 362 valence electrons. The number of methoxy groups -OCH3 is 1. The first-order valence-corrected chi connectivity index (χ1v) is 23.7. The molecule has 5 aliphatic heterocycles.